The van der Waals surface area contributed by atoms with E-state index in [9.17, 15) is 8.42 Å². The summed E-state index contributed by atoms with van der Waals surface area (Å²) >= 11 is 1.14. The lowest BCUT2D eigenvalue weighted by molar-refractivity contribution is 0.417. The lowest BCUT2D eigenvalue weighted by Gasteiger charge is -2.01. The molecule has 0 aliphatic carbocycles. The van der Waals surface area contributed by atoms with Crippen molar-refractivity contribution < 1.29 is 13.2 Å². The number of methoxy groups -OCH3 is 1. The van der Waals surface area contributed by atoms with E-state index in [-0.39, 0.29) is 10.1 Å². The van der Waals surface area contributed by atoms with E-state index in [1.807, 2.05) is 0 Å². The standard InChI is InChI=1S/C9H11NO3S2/c1-13-9(14-2)10-15(11,12)8-6-4-3-5-7-8/h3-7H,1-2H3/b10-9-. The van der Waals surface area contributed by atoms with Crippen LogP contribution in [0, 0.1) is 0 Å². The van der Waals surface area contributed by atoms with Gasteiger partial charge in [0.2, 0.25) is 0 Å². The highest BCUT2D eigenvalue weighted by atomic mass is 32.2. The van der Waals surface area contributed by atoms with Crippen LogP contribution in [0.2, 0.25) is 0 Å². The summed E-state index contributed by atoms with van der Waals surface area (Å²) in [4.78, 5) is 0.161. The third-order valence-corrected chi connectivity index (χ3v) is 3.58. The molecule has 4 nitrogen and oxygen atoms in total. The number of hydrogen-bond donors (Lipinski definition) is 0. The molecule has 0 amide bonds. The molecule has 0 unspecified atom stereocenters. The third-order valence-electron chi connectivity index (χ3n) is 1.59. The van der Waals surface area contributed by atoms with E-state index in [0.717, 1.165) is 11.8 Å². The fraction of sp³-hybridized carbons (Fsp3) is 0.222. The molecule has 82 valence electrons. The molecule has 0 saturated carbocycles. The Hall–Kier alpha value is -1.01. The Labute approximate surface area is 93.4 Å². The predicted molar refractivity (Wildman–Crippen MR) is 61.6 cm³/mol. The summed E-state index contributed by atoms with van der Waals surface area (Å²) in [6, 6.07) is 8.02. The second-order valence-electron chi connectivity index (χ2n) is 2.55. The second-order valence-corrected chi connectivity index (χ2v) is 4.92. The average molecular weight is 245 g/mol. The lowest BCUT2D eigenvalue weighted by atomic mass is 10.4. The molecule has 1 rings (SSSR count). The van der Waals surface area contributed by atoms with Crippen molar-refractivity contribution in [2.45, 2.75) is 4.90 Å². The maximum atomic E-state index is 11.7. The van der Waals surface area contributed by atoms with E-state index in [2.05, 4.69) is 4.40 Å². The molecule has 0 atom stereocenters. The lowest BCUT2D eigenvalue weighted by Crippen LogP contribution is -2.03. The van der Waals surface area contributed by atoms with Crippen molar-refractivity contribution in [3.63, 3.8) is 0 Å². The van der Waals surface area contributed by atoms with Gasteiger partial charge in [-0.05, 0) is 18.4 Å². The van der Waals surface area contributed by atoms with Crippen molar-refractivity contribution in [2.75, 3.05) is 13.4 Å². The Balaban J connectivity index is 3.10. The Morgan fingerprint density at radius 3 is 2.40 bits per heavy atom. The fourth-order valence-electron chi connectivity index (χ4n) is 0.901. The van der Waals surface area contributed by atoms with Gasteiger partial charge < -0.3 is 4.74 Å². The van der Waals surface area contributed by atoms with E-state index >= 15 is 0 Å². The number of thioether (sulfide) groups is 1. The first-order valence-electron chi connectivity index (χ1n) is 4.08. The van der Waals surface area contributed by atoms with Crippen molar-refractivity contribution in [1.82, 2.24) is 0 Å². The topological polar surface area (TPSA) is 55.7 Å². The van der Waals surface area contributed by atoms with Crippen LogP contribution in [0.4, 0.5) is 0 Å². The molecule has 0 bridgehead atoms. The quantitative estimate of drug-likeness (QED) is 0.588. The van der Waals surface area contributed by atoms with Crippen LogP contribution in [0.5, 0.6) is 0 Å². The largest absolute Gasteiger partial charge is 0.476 e. The first-order chi connectivity index (χ1) is 7.10. The van der Waals surface area contributed by atoms with Crippen LogP contribution in [-0.4, -0.2) is 27.0 Å². The van der Waals surface area contributed by atoms with Crippen molar-refractivity contribution in [1.29, 1.82) is 0 Å². The van der Waals surface area contributed by atoms with Crippen molar-refractivity contribution >= 4 is 27.0 Å². The van der Waals surface area contributed by atoms with Gasteiger partial charge in [0.1, 0.15) is 0 Å². The highest BCUT2D eigenvalue weighted by Gasteiger charge is 2.13. The number of sulfonamides is 1. The number of ether oxygens (including phenoxy) is 1. The molecule has 0 aliphatic rings. The van der Waals surface area contributed by atoms with E-state index in [0.29, 0.717) is 0 Å². The zero-order chi connectivity index (χ0) is 11.3. The number of benzene rings is 1. The van der Waals surface area contributed by atoms with Gasteiger partial charge in [0.05, 0.1) is 12.0 Å². The van der Waals surface area contributed by atoms with Gasteiger partial charge in [-0.25, -0.2) is 0 Å². The minimum atomic E-state index is -3.64. The molecule has 0 aliphatic heterocycles. The van der Waals surface area contributed by atoms with Gasteiger partial charge in [-0.1, -0.05) is 30.0 Å². The summed E-state index contributed by atoms with van der Waals surface area (Å²) < 4.78 is 31.7. The fourth-order valence-corrected chi connectivity index (χ4v) is 2.54. The van der Waals surface area contributed by atoms with Crippen molar-refractivity contribution in [3.05, 3.63) is 30.3 Å². The maximum Gasteiger partial charge on any atom is 0.286 e. The van der Waals surface area contributed by atoms with Crippen LogP contribution in [-0.2, 0) is 14.8 Å². The van der Waals surface area contributed by atoms with E-state index < -0.39 is 10.0 Å². The number of rotatable bonds is 2. The van der Waals surface area contributed by atoms with Crippen LogP contribution >= 0.6 is 11.8 Å². The maximum absolute atomic E-state index is 11.7. The highest BCUT2D eigenvalue weighted by molar-refractivity contribution is 8.13. The summed E-state index contributed by atoms with van der Waals surface area (Å²) in [5, 5.41) is 0.124. The molecule has 0 N–H and O–H groups in total. The molecule has 0 saturated heterocycles. The Bertz CT molecular complexity index is 434. The summed E-state index contributed by atoms with van der Waals surface area (Å²) in [5.41, 5.74) is 0. The van der Waals surface area contributed by atoms with Crippen LogP contribution < -0.4 is 0 Å². The molecule has 0 aromatic heterocycles. The first kappa shape index (κ1) is 12.1. The third kappa shape index (κ3) is 3.24. The molecule has 0 spiro atoms. The minimum absolute atomic E-state index is 0.124. The average Bonchev–Trinajstić information content (AvgIpc) is 2.27. The zero-order valence-corrected chi connectivity index (χ0v) is 10.0. The van der Waals surface area contributed by atoms with Gasteiger partial charge in [-0.2, -0.15) is 8.42 Å². The second kappa shape index (κ2) is 5.18. The van der Waals surface area contributed by atoms with Gasteiger partial charge in [0, 0.05) is 0 Å². The molecule has 0 fully saturated rings. The number of hydrogen-bond acceptors (Lipinski definition) is 4. The monoisotopic (exact) mass is 245 g/mol. The van der Waals surface area contributed by atoms with E-state index in [1.54, 1.807) is 24.5 Å². The summed E-state index contributed by atoms with van der Waals surface area (Å²) in [5.74, 6) is 0. The highest BCUT2D eigenvalue weighted by Crippen LogP contribution is 2.13. The first-order valence-corrected chi connectivity index (χ1v) is 6.74. The smallest absolute Gasteiger partial charge is 0.286 e. The van der Waals surface area contributed by atoms with Crippen LogP contribution in [0.25, 0.3) is 0 Å². The zero-order valence-electron chi connectivity index (χ0n) is 8.38. The summed E-state index contributed by atoms with van der Waals surface area (Å²) in [7, 11) is -2.26. The molecule has 0 radical (unpaired) electrons. The normalized spacial score (nSPS) is 12.5. The van der Waals surface area contributed by atoms with Gasteiger partial charge >= 0.3 is 0 Å². The number of nitrogens with zero attached hydrogens (tertiary/aromatic N) is 1. The predicted octanol–water partition coefficient (Wildman–Crippen LogP) is 1.74. The van der Waals surface area contributed by atoms with Gasteiger partial charge in [0.25, 0.3) is 15.3 Å². The van der Waals surface area contributed by atoms with E-state index in [1.165, 1.54) is 19.2 Å². The van der Waals surface area contributed by atoms with Crippen LogP contribution in [0.15, 0.2) is 39.6 Å². The van der Waals surface area contributed by atoms with Gasteiger partial charge in [-0.3, -0.25) is 0 Å². The van der Waals surface area contributed by atoms with Gasteiger partial charge in [0.15, 0.2) is 0 Å². The molecule has 6 heteroatoms. The Morgan fingerprint density at radius 1 is 1.33 bits per heavy atom. The van der Waals surface area contributed by atoms with Gasteiger partial charge in [-0.15, -0.1) is 4.40 Å². The molecular weight excluding hydrogens is 234 g/mol. The van der Waals surface area contributed by atoms with Crippen LogP contribution in [0.1, 0.15) is 0 Å². The summed E-state index contributed by atoms with van der Waals surface area (Å²) in [6.07, 6.45) is 1.70. The summed E-state index contributed by atoms with van der Waals surface area (Å²) in [6.45, 7) is 0. The van der Waals surface area contributed by atoms with Crippen LogP contribution in [0.3, 0.4) is 0 Å². The minimum Gasteiger partial charge on any atom is -0.476 e. The molecule has 1 aromatic carbocycles. The SMILES string of the molecule is CO/C(=N/S(=O)(=O)c1ccccc1)SC. The molecular formula is C9H11NO3S2. The van der Waals surface area contributed by atoms with E-state index in [4.69, 9.17) is 4.74 Å². The Kier molecular flexibility index (Phi) is 4.16. The van der Waals surface area contributed by atoms with Crippen molar-refractivity contribution in [2.24, 2.45) is 4.40 Å². The molecule has 15 heavy (non-hydrogen) atoms. The molecule has 1 aromatic rings. The molecule has 0 heterocycles. The Morgan fingerprint density at radius 2 is 1.93 bits per heavy atom. The van der Waals surface area contributed by atoms with Crippen molar-refractivity contribution in [3.8, 4) is 0 Å².